The van der Waals surface area contributed by atoms with Crippen LogP contribution in [0.3, 0.4) is 0 Å². The molecule has 3 aromatic rings. The number of piperidine rings is 1. The monoisotopic (exact) mass is 518 g/mol. The van der Waals surface area contributed by atoms with E-state index in [9.17, 15) is 9.59 Å². The van der Waals surface area contributed by atoms with E-state index in [0.717, 1.165) is 37.1 Å². The van der Waals surface area contributed by atoms with Gasteiger partial charge in [-0.25, -0.2) is 4.98 Å². The summed E-state index contributed by atoms with van der Waals surface area (Å²) < 4.78 is 0. The number of rotatable bonds is 6. The third kappa shape index (κ3) is 6.27. The number of hydrogen-bond donors (Lipinski definition) is 3. The van der Waals surface area contributed by atoms with Gasteiger partial charge in [-0.2, -0.15) is 0 Å². The van der Waals surface area contributed by atoms with Crippen LogP contribution in [0.15, 0.2) is 54.7 Å². The van der Waals surface area contributed by atoms with Crippen molar-refractivity contribution in [3.8, 4) is 0 Å². The Balaban J connectivity index is 1.58. The second-order valence-corrected chi connectivity index (χ2v) is 9.78. The highest BCUT2D eigenvalue weighted by Crippen LogP contribution is 2.33. The number of pyridine rings is 1. The third-order valence-corrected chi connectivity index (χ3v) is 6.51. The topological polar surface area (TPSA) is 101 Å². The first-order chi connectivity index (χ1) is 17.7. The Morgan fingerprint density at radius 2 is 1.62 bits per heavy atom. The van der Waals surface area contributed by atoms with Crippen LogP contribution < -0.4 is 15.5 Å². The number of likely N-dealkylation sites (tertiary alicyclic amines) is 1. The van der Waals surface area contributed by atoms with Crippen molar-refractivity contribution in [1.29, 1.82) is 5.41 Å². The summed E-state index contributed by atoms with van der Waals surface area (Å²) in [5, 5.41) is 14.6. The minimum absolute atomic E-state index is 0.218. The van der Waals surface area contributed by atoms with E-state index in [1.54, 1.807) is 47.5 Å². The van der Waals surface area contributed by atoms with E-state index >= 15 is 0 Å². The zero-order chi connectivity index (χ0) is 26.5. The fourth-order valence-corrected chi connectivity index (χ4v) is 4.46. The standard InChI is InChI=1S/C28H31ClN6O2/c1-18-7-12-24(31-17-18)32-28(37)22-15-21(29)16-23(34(2)3)25(22)33-27(36)20-10-8-19(9-11-20)26(30)35-13-5-4-6-14-35/h7-12,15-17,30H,4-6,13-14H2,1-3H3,(H,33,36)(H,31,32,37). The summed E-state index contributed by atoms with van der Waals surface area (Å²) in [6.45, 7) is 3.68. The third-order valence-electron chi connectivity index (χ3n) is 6.29. The van der Waals surface area contributed by atoms with Crippen LogP contribution >= 0.6 is 11.6 Å². The minimum Gasteiger partial charge on any atom is -0.376 e. The van der Waals surface area contributed by atoms with Crippen molar-refractivity contribution >= 4 is 46.4 Å². The van der Waals surface area contributed by atoms with Crippen LogP contribution in [-0.4, -0.2) is 54.7 Å². The zero-order valence-electron chi connectivity index (χ0n) is 21.3. The number of nitrogens with zero attached hydrogens (tertiary/aromatic N) is 3. The Kier molecular flexibility index (Phi) is 8.08. The molecule has 0 atom stereocenters. The second-order valence-electron chi connectivity index (χ2n) is 9.34. The molecule has 1 aliphatic rings. The highest BCUT2D eigenvalue weighted by atomic mass is 35.5. The molecule has 192 valence electrons. The molecule has 8 nitrogen and oxygen atoms in total. The molecule has 3 N–H and O–H groups in total. The molecule has 0 saturated carbocycles. The lowest BCUT2D eigenvalue weighted by atomic mass is 10.1. The number of amides is 2. The minimum atomic E-state index is -0.442. The van der Waals surface area contributed by atoms with Gasteiger partial charge in [0.05, 0.1) is 16.9 Å². The molecule has 0 spiro atoms. The van der Waals surface area contributed by atoms with E-state index in [-0.39, 0.29) is 11.5 Å². The Labute approximate surface area is 222 Å². The molecular weight excluding hydrogens is 488 g/mol. The van der Waals surface area contributed by atoms with Crippen LogP contribution in [-0.2, 0) is 0 Å². The fraction of sp³-hybridized carbons (Fsp3) is 0.286. The number of aromatic nitrogens is 1. The predicted octanol–water partition coefficient (Wildman–Crippen LogP) is 5.43. The number of amidine groups is 1. The number of halogens is 1. The maximum Gasteiger partial charge on any atom is 0.259 e. The van der Waals surface area contributed by atoms with Gasteiger partial charge in [0.25, 0.3) is 11.8 Å². The number of carbonyl (C=O) groups is 2. The van der Waals surface area contributed by atoms with Gasteiger partial charge in [-0.15, -0.1) is 0 Å². The van der Waals surface area contributed by atoms with Crippen LogP contribution in [0.4, 0.5) is 17.2 Å². The van der Waals surface area contributed by atoms with E-state index < -0.39 is 5.91 Å². The Morgan fingerprint density at radius 1 is 0.946 bits per heavy atom. The first-order valence-electron chi connectivity index (χ1n) is 12.2. The van der Waals surface area contributed by atoms with E-state index in [2.05, 4.69) is 20.5 Å². The van der Waals surface area contributed by atoms with Crippen molar-refractivity contribution < 1.29 is 9.59 Å². The zero-order valence-corrected chi connectivity index (χ0v) is 22.0. The average molecular weight is 519 g/mol. The van der Waals surface area contributed by atoms with Crippen LogP contribution in [0.1, 0.15) is 51.1 Å². The quantitative estimate of drug-likeness (QED) is 0.298. The SMILES string of the molecule is Cc1ccc(NC(=O)c2cc(Cl)cc(N(C)C)c2NC(=O)c2ccc(C(=N)N3CCCCC3)cc2)nc1. The summed E-state index contributed by atoms with van der Waals surface area (Å²) in [5.74, 6) is 0.0560. The number of nitrogens with one attached hydrogen (secondary N) is 3. The smallest absolute Gasteiger partial charge is 0.259 e. The van der Waals surface area contributed by atoms with Crippen LogP contribution in [0.2, 0.25) is 5.02 Å². The number of aryl methyl sites for hydroxylation is 1. The first kappa shape index (κ1) is 26.2. The molecule has 1 aliphatic heterocycles. The second kappa shape index (κ2) is 11.4. The summed E-state index contributed by atoms with van der Waals surface area (Å²) in [6, 6.07) is 13.8. The molecule has 0 bridgehead atoms. The molecule has 0 aliphatic carbocycles. The Bertz CT molecular complexity index is 1300. The van der Waals surface area contributed by atoms with Gasteiger partial charge in [0.1, 0.15) is 11.7 Å². The fourth-order valence-electron chi connectivity index (χ4n) is 4.25. The van der Waals surface area contributed by atoms with Crippen molar-refractivity contribution in [3.63, 3.8) is 0 Å². The summed E-state index contributed by atoms with van der Waals surface area (Å²) in [7, 11) is 3.62. The number of anilines is 3. The average Bonchev–Trinajstić information content (AvgIpc) is 2.90. The molecule has 2 heterocycles. The normalized spacial score (nSPS) is 13.1. The van der Waals surface area contributed by atoms with Gasteiger partial charge in [-0.3, -0.25) is 15.0 Å². The van der Waals surface area contributed by atoms with E-state index in [0.29, 0.717) is 33.6 Å². The molecule has 2 amide bonds. The van der Waals surface area contributed by atoms with Gasteiger partial charge in [0.15, 0.2) is 0 Å². The van der Waals surface area contributed by atoms with Gasteiger partial charge < -0.3 is 20.4 Å². The summed E-state index contributed by atoms with van der Waals surface area (Å²) in [5.41, 5.74) is 3.31. The van der Waals surface area contributed by atoms with Crippen LogP contribution in [0.25, 0.3) is 0 Å². The van der Waals surface area contributed by atoms with Gasteiger partial charge in [0, 0.05) is 49.5 Å². The molecule has 4 rings (SSSR count). The lowest BCUT2D eigenvalue weighted by Gasteiger charge is -2.29. The first-order valence-corrected chi connectivity index (χ1v) is 12.6. The van der Waals surface area contributed by atoms with Crippen molar-refractivity contribution in [2.24, 2.45) is 0 Å². The Hall–Kier alpha value is -3.91. The molecule has 0 radical (unpaired) electrons. The maximum absolute atomic E-state index is 13.3. The van der Waals surface area contributed by atoms with E-state index in [4.69, 9.17) is 17.0 Å². The molecule has 2 aromatic carbocycles. The van der Waals surface area contributed by atoms with E-state index in [1.807, 2.05) is 27.1 Å². The largest absolute Gasteiger partial charge is 0.376 e. The van der Waals surface area contributed by atoms with E-state index in [1.165, 1.54) is 12.5 Å². The number of hydrogen-bond acceptors (Lipinski definition) is 5. The summed E-state index contributed by atoms with van der Waals surface area (Å²) >= 11 is 6.34. The molecule has 0 unspecified atom stereocenters. The molecule has 1 saturated heterocycles. The predicted molar refractivity (Wildman–Crippen MR) is 149 cm³/mol. The van der Waals surface area contributed by atoms with Crippen molar-refractivity contribution in [1.82, 2.24) is 9.88 Å². The van der Waals surface area contributed by atoms with Gasteiger partial charge in [0.2, 0.25) is 0 Å². The van der Waals surface area contributed by atoms with Crippen molar-refractivity contribution in [3.05, 3.63) is 82.0 Å². The maximum atomic E-state index is 13.3. The highest BCUT2D eigenvalue weighted by Gasteiger charge is 2.22. The summed E-state index contributed by atoms with van der Waals surface area (Å²) in [4.78, 5) is 34.6. The van der Waals surface area contributed by atoms with Gasteiger partial charge in [-0.1, -0.05) is 29.8 Å². The molecule has 37 heavy (non-hydrogen) atoms. The van der Waals surface area contributed by atoms with Gasteiger partial charge in [-0.05, 0) is 62.1 Å². The van der Waals surface area contributed by atoms with Crippen LogP contribution in [0.5, 0.6) is 0 Å². The van der Waals surface area contributed by atoms with Gasteiger partial charge >= 0.3 is 0 Å². The van der Waals surface area contributed by atoms with Crippen LogP contribution in [0, 0.1) is 12.3 Å². The number of carbonyl (C=O) groups excluding carboxylic acids is 2. The molecule has 1 fully saturated rings. The molecule has 9 heteroatoms. The highest BCUT2D eigenvalue weighted by molar-refractivity contribution is 6.32. The summed E-state index contributed by atoms with van der Waals surface area (Å²) in [6.07, 6.45) is 5.04. The number of benzene rings is 2. The lowest BCUT2D eigenvalue weighted by Crippen LogP contribution is -2.35. The lowest BCUT2D eigenvalue weighted by molar-refractivity contribution is 0.102. The Morgan fingerprint density at radius 3 is 2.24 bits per heavy atom. The molecular formula is C28H31ClN6O2. The van der Waals surface area contributed by atoms with Crippen molar-refractivity contribution in [2.45, 2.75) is 26.2 Å². The van der Waals surface area contributed by atoms with Crippen molar-refractivity contribution in [2.75, 3.05) is 42.7 Å². The molecule has 1 aromatic heterocycles.